The average molecular weight is 1080 g/mol. The van der Waals surface area contributed by atoms with Crippen LogP contribution in [0.4, 0.5) is 0 Å². The van der Waals surface area contributed by atoms with Crippen LogP contribution in [0.5, 0.6) is 0 Å². The summed E-state index contributed by atoms with van der Waals surface area (Å²) in [6.07, 6.45) is 66.7. The number of unbranched alkanes of at least 4 members (excludes halogenated alkanes) is 39. The fourth-order valence-electron chi connectivity index (χ4n) is 9.55. The van der Waals surface area contributed by atoms with Crippen LogP contribution in [0, 0.1) is 0 Å². The number of quaternary nitrogens is 1. The molecule has 0 bridgehead atoms. The van der Waals surface area contributed by atoms with E-state index in [1.165, 1.54) is 218 Å². The fourth-order valence-corrected chi connectivity index (χ4v) is 10.3. The summed E-state index contributed by atoms with van der Waals surface area (Å²) >= 11 is 0. The summed E-state index contributed by atoms with van der Waals surface area (Å²) in [4.78, 5) is 40.0. The number of esters is 1. The number of phosphoric ester groups is 1. The Morgan fingerprint density at radius 2 is 0.813 bits per heavy atom. The third-order valence-electron chi connectivity index (χ3n) is 14.6. The molecule has 0 rings (SSSR count). The first-order valence-corrected chi connectivity index (χ1v) is 33.8. The highest BCUT2D eigenvalue weighted by Gasteiger charge is 2.27. The average Bonchev–Trinajstić information content (AvgIpc) is 3.37. The van der Waals surface area contributed by atoms with E-state index in [4.69, 9.17) is 13.8 Å². The Bertz CT molecular complexity index is 1380. The van der Waals surface area contributed by atoms with Gasteiger partial charge in [-0.15, -0.1) is 0 Å². The van der Waals surface area contributed by atoms with Crippen LogP contribution in [-0.2, 0) is 27.9 Å². The Morgan fingerprint density at radius 3 is 1.23 bits per heavy atom. The number of phosphoric acid groups is 1. The van der Waals surface area contributed by atoms with E-state index in [0.29, 0.717) is 17.4 Å². The highest BCUT2D eigenvalue weighted by molar-refractivity contribution is 7.45. The number of nitrogens with zero attached hydrogens (tertiary/aromatic N) is 1. The second kappa shape index (κ2) is 55.5. The standard InChI is InChI=1S/C65H125N2O7P/c1-7-10-13-16-19-22-25-28-30-31-32-33-34-35-37-40-43-46-49-52-55-58-65(69)74-63(56-53-50-47-44-41-38-27-24-21-18-15-12-9-3)62(61-73-75(70,71)72-60-59-67(4,5)6)66-64(68)57-54-51-48-45-42-39-36-29-26-23-20-17-14-11-8-2/h19,22,28,30,53,56,62-63H,7-18,20-21,23-27,29,31-52,54-55,57-61H2,1-6H3,(H-,66,68,70,71)/b22-19-,30-28-,56-53+. The zero-order valence-corrected chi connectivity index (χ0v) is 51.4. The van der Waals surface area contributed by atoms with E-state index >= 15 is 0 Å². The number of amides is 1. The van der Waals surface area contributed by atoms with Crippen molar-refractivity contribution in [1.82, 2.24) is 5.32 Å². The Morgan fingerprint density at radius 1 is 0.467 bits per heavy atom. The lowest BCUT2D eigenvalue weighted by atomic mass is 10.0. The number of carbonyl (C=O) groups is 2. The van der Waals surface area contributed by atoms with E-state index in [1.807, 2.05) is 33.3 Å². The highest BCUT2D eigenvalue weighted by atomic mass is 31.2. The lowest BCUT2D eigenvalue weighted by molar-refractivity contribution is -0.870. The van der Waals surface area contributed by atoms with Gasteiger partial charge in [-0.2, -0.15) is 0 Å². The van der Waals surface area contributed by atoms with Gasteiger partial charge >= 0.3 is 5.97 Å². The zero-order valence-electron chi connectivity index (χ0n) is 50.5. The third kappa shape index (κ3) is 56.8. The van der Waals surface area contributed by atoms with Crippen molar-refractivity contribution in [3.63, 3.8) is 0 Å². The van der Waals surface area contributed by atoms with Gasteiger partial charge in [0.05, 0.1) is 33.8 Å². The lowest BCUT2D eigenvalue weighted by Crippen LogP contribution is -2.47. The van der Waals surface area contributed by atoms with E-state index in [9.17, 15) is 19.0 Å². The molecule has 0 aliphatic rings. The number of nitrogens with one attached hydrogen (secondary N) is 1. The molecular weight excluding hydrogens is 952 g/mol. The monoisotopic (exact) mass is 1080 g/mol. The molecule has 0 aromatic rings. The molecule has 0 heterocycles. The molecule has 10 heteroatoms. The van der Waals surface area contributed by atoms with Crippen LogP contribution in [-0.4, -0.2) is 69.4 Å². The maximum absolute atomic E-state index is 13.5. The van der Waals surface area contributed by atoms with Gasteiger partial charge in [-0.25, -0.2) is 0 Å². The van der Waals surface area contributed by atoms with Gasteiger partial charge in [-0.1, -0.05) is 276 Å². The first-order valence-electron chi connectivity index (χ1n) is 32.3. The summed E-state index contributed by atoms with van der Waals surface area (Å²) < 4.78 is 30.4. The number of likely N-dealkylation sites (N-methyl/N-ethyl adjacent to an activating group) is 1. The van der Waals surface area contributed by atoms with E-state index in [2.05, 4.69) is 50.4 Å². The van der Waals surface area contributed by atoms with Crippen LogP contribution >= 0.6 is 7.82 Å². The second-order valence-corrected chi connectivity index (χ2v) is 24.7. The van der Waals surface area contributed by atoms with Crippen molar-refractivity contribution in [2.45, 2.75) is 328 Å². The largest absolute Gasteiger partial charge is 0.756 e. The summed E-state index contributed by atoms with van der Waals surface area (Å²) in [6.45, 7) is 6.86. The van der Waals surface area contributed by atoms with Crippen molar-refractivity contribution >= 4 is 19.7 Å². The molecule has 0 aromatic carbocycles. The molecule has 0 aliphatic carbocycles. The topological polar surface area (TPSA) is 114 Å². The fraction of sp³-hybridized carbons (Fsp3) is 0.877. The van der Waals surface area contributed by atoms with Gasteiger partial charge in [0.15, 0.2) is 0 Å². The molecule has 442 valence electrons. The molecule has 9 nitrogen and oxygen atoms in total. The van der Waals surface area contributed by atoms with Gasteiger partial charge < -0.3 is 28.5 Å². The molecule has 75 heavy (non-hydrogen) atoms. The van der Waals surface area contributed by atoms with E-state index < -0.39 is 20.0 Å². The third-order valence-corrected chi connectivity index (χ3v) is 15.5. The van der Waals surface area contributed by atoms with Crippen molar-refractivity contribution in [1.29, 1.82) is 0 Å². The normalized spacial score (nSPS) is 13.9. The maximum atomic E-state index is 13.5. The molecule has 3 unspecified atom stereocenters. The van der Waals surface area contributed by atoms with Crippen LogP contribution in [0.3, 0.4) is 0 Å². The number of rotatable bonds is 59. The van der Waals surface area contributed by atoms with Crippen molar-refractivity contribution in [3.05, 3.63) is 36.5 Å². The van der Waals surface area contributed by atoms with Crippen LogP contribution < -0.4 is 10.2 Å². The molecule has 0 saturated heterocycles. The number of hydrogen-bond acceptors (Lipinski definition) is 7. The summed E-state index contributed by atoms with van der Waals surface area (Å²) in [7, 11) is 1.20. The minimum absolute atomic E-state index is 0.0198. The molecule has 1 N–H and O–H groups in total. The quantitative estimate of drug-likeness (QED) is 0.0212. The number of hydrogen-bond donors (Lipinski definition) is 1. The SMILES string of the molecule is CCCCC/C=C\C/C=C\CCCCCCCCCCCCCC(=O)OC(/C=C/CCCCCCCCCCCCC)C(COP(=O)([O-])OCC[N+](C)(C)C)NC(=O)CCCCCCCCCCCCCCCCC. The predicted molar refractivity (Wildman–Crippen MR) is 321 cm³/mol. The minimum atomic E-state index is -4.69. The molecule has 0 spiro atoms. The van der Waals surface area contributed by atoms with Gasteiger partial charge in [0, 0.05) is 12.8 Å². The van der Waals surface area contributed by atoms with Crippen LogP contribution in [0.25, 0.3) is 0 Å². The number of ether oxygens (including phenoxy) is 1. The van der Waals surface area contributed by atoms with Gasteiger partial charge in [0.1, 0.15) is 19.3 Å². The van der Waals surface area contributed by atoms with E-state index in [-0.39, 0.29) is 31.5 Å². The van der Waals surface area contributed by atoms with Crippen molar-refractivity contribution in [3.8, 4) is 0 Å². The van der Waals surface area contributed by atoms with Crippen LogP contribution in [0.1, 0.15) is 316 Å². The Balaban J connectivity index is 5.20. The Kier molecular flexibility index (Phi) is 54.2. The first-order chi connectivity index (χ1) is 36.4. The smallest absolute Gasteiger partial charge is 0.306 e. The predicted octanol–water partition coefficient (Wildman–Crippen LogP) is 19.3. The maximum Gasteiger partial charge on any atom is 0.306 e. The van der Waals surface area contributed by atoms with Gasteiger partial charge in [0.2, 0.25) is 5.91 Å². The molecular formula is C65H125N2O7P. The molecule has 0 aliphatic heterocycles. The van der Waals surface area contributed by atoms with Crippen molar-refractivity contribution in [2.75, 3.05) is 40.9 Å². The molecule has 0 radical (unpaired) electrons. The Hall–Kier alpha value is -1.77. The van der Waals surface area contributed by atoms with E-state index in [1.54, 1.807) is 0 Å². The van der Waals surface area contributed by atoms with Crippen LogP contribution in [0.2, 0.25) is 0 Å². The molecule has 1 amide bonds. The lowest BCUT2D eigenvalue weighted by Gasteiger charge is -2.30. The number of allylic oxidation sites excluding steroid dienone is 5. The Labute approximate surface area is 466 Å². The molecule has 0 saturated carbocycles. The minimum Gasteiger partial charge on any atom is -0.756 e. The van der Waals surface area contributed by atoms with Crippen LogP contribution in [0.15, 0.2) is 36.5 Å². The van der Waals surface area contributed by atoms with Crippen molar-refractivity contribution < 1.29 is 37.3 Å². The zero-order chi connectivity index (χ0) is 55.0. The van der Waals surface area contributed by atoms with E-state index in [0.717, 1.165) is 64.2 Å². The second-order valence-electron chi connectivity index (χ2n) is 23.3. The number of carbonyl (C=O) groups excluding carboxylic acids is 2. The molecule has 0 aromatic heterocycles. The van der Waals surface area contributed by atoms with Gasteiger partial charge in [-0.05, 0) is 63.9 Å². The first kappa shape index (κ1) is 73.2. The summed E-state index contributed by atoms with van der Waals surface area (Å²) in [5.41, 5.74) is 0. The van der Waals surface area contributed by atoms with Gasteiger partial charge in [-0.3, -0.25) is 14.2 Å². The molecule has 0 fully saturated rings. The highest BCUT2D eigenvalue weighted by Crippen LogP contribution is 2.38. The summed E-state index contributed by atoms with van der Waals surface area (Å²) in [5, 5.41) is 3.04. The summed E-state index contributed by atoms with van der Waals surface area (Å²) in [6, 6.07) is -0.884. The van der Waals surface area contributed by atoms with Crippen molar-refractivity contribution in [2.24, 2.45) is 0 Å². The molecule has 3 atom stereocenters. The van der Waals surface area contributed by atoms with Gasteiger partial charge in [0.25, 0.3) is 7.82 Å². The summed E-state index contributed by atoms with van der Waals surface area (Å²) in [5.74, 6) is -0.528.